The normalized spacial score (nSPS) is 14.2. The molecule has 5 rings (SSSR count). The summed E-state index contributed by atoms with van der Waals surface area (Å²) in [6.07, 6.45) is 2.11. The van der Waals surface area contributed by atoms with Gasteiger partial charge >= 0.3 is 0 Å². The van der Waals surface area contributed by atoms with Crippen LogP contribution in [0.1, 0.15) is 12.0 Å². The Balaban J connectivity index is 2.21. The molecule has 3 nitrogen and oxygen atoms in total. The van der Waals surface area contributed by atoms with Crippen molar-refractivity contribution in [1.29, 1.82) is 0 Å². The Morgan fingerprint density at radius 2 is 1.77 bits per heavy atom. The minimum absolute atomic E-state index is 0.159. The second-order valence-corrected chi connectivity index (χ2v) is 6.17. The van der Waals surface area contributed by atoms with Crippen LogP contribution in [0.3, 0.4) is 0 Å². The third-order valence-electron chi connectivity index (χ3n) is 5.04. The van der Waals surface area contributed by atoms with Crippen molar-refractivity contribution < 1.29 is 0 Å². The number of rotatable bonds is 0. The second kappa shape index (κ2) is 4.01. The quantitative estimate of drug-likeness (QED) is 0.486. The summed E-state index contributed by atoms with van der Waals surface area (Å²) in [6.45, 7) is 0.825. The lowest BCUT2D eigenvalue weighted by atomic mass is 9.99. The summed E-state index contributed by atoms with van der Waals surface area (Å²) < 4.78 is 4.16. The molecule has 3 heterocycles. The summed E-state index contributed by atoms with van der Waals surface area (Å²) >= 11 is 0. The molecule has 0 amide bonds. The van der Waals surface area contributed by atoms with Crippen LogP contribution in [-0.2, 0) is 20.0 Å². The lowest BCUT2D eigenvalue weighted by Crippen LogP contribution is -2.24. The van der Waals surface area contributed by atoms with E-state index in [0.29, 0.717) is 0 Å². The molecule has 108 valence electrons. The molecule has 2 aromatic heterocycles. The van der Waals surface area contributed by atoms with Crippen LogP contribution in [0.2, 0.25) is 0 Å². The van der Waals surface area contributed by atoms with Gasteiger partial charge in [0.05, 0.1) is 16.4 Å². The summed E-state index contributed by atoms with van der Waals surface area (Å²) in [6, 6.07) is 14.6. The highest BCUT2D eigenvalue weighted by molar-refractivity contribution is 6.16. The van der Waals surface area contributed by atoms with Crippen LogP contribution in [0.5, 0.6) is 0 Å². The maximum Gasteiger partial charge on any atom is 0.261 e. The molecule has 0 saturated carbocycles. The summed E-state index contributed by atoms with van der Waals surface area (Å²) in [4.78, 5) is 13.1. The summed E-state index contributed by atoms with van der Waals surface area (Å²) in [5.41, 5.74) is 4.79. The molecule has 0 saturated heterocycles. The van der Waals surface area contributed by atoms with Crippen LogP contribution in [0.4, 0.5) is 0 Å². The maximum atomic E-state index is 13.1. The molecule has 0 radical (unpaired) electrons. The molecule has 0 atom stereocenters. The molecule has 0 unspecified atom stereocenters. The van der Waals surface area contributed by atoms with Gasteiger partial charge in [-0.3, -0.25) is 4.79 Å². The lowest BCUT2D eigenvalue weighted by Gasteiger charge is -2.20. The number of nitrogens with zero attached hydrogens (tertiary/aromatic N) is 2. The van der Waals surface area contributed by atoms with Gasteiger partial charge in [-0.2, -0.15) is 0 Å². The third-order valence-corrected chi connectivity index (χ3v) is 5.04. The lowest BCUT2D eigenvalue weighted by molar-refractivity contribution is 0.619. The molecule has 22 heavy (non-hydrogen) atoms. The number of hydrogen-bond donors (Lipinski definition) is 0. The molecule has 0 spiro atoms. The molecule has 1 aliphatic heterocycles. The van der Waals surface area contributed by atoms with Crippen molar-refractivity contribution in [3.05, 3.63) is 58.4 Å². The van der Waals surface area contributed by atoms with Gasteiger partial charge in [-0.1, -0.05) is 36.4 Å². The van der Waals surface area contributed by atoms with Crippen molar-refractivity contribution >= 4 is 32.7 Å². The zero-order chi connectivity index (χ0) is 14.8. The molecule has 0 bridgehead atoms. The molecular weight excluding hydrogens is 272 g/mol. The van der Waals surface area contributed by atoms with Crippen molar-refractivity contribution in [2.24, 2.45) is 7.05 Å². The van der Waals surface area contributed by atoms with Crippen molar-refractivity contribution in [3.8, 4) is 0 Å². The first kappa shape index (κ1) is 12.0. The van der Waals surface area contributed by atoms with E-state index in [9.17, 15) is 4.79 Å². The predicted molar refractivity (Wildman–Crippen MR) is 90.5 cm³/mol. The standard InChI is InChI=1S/C19H16N2O/c1-20-15-10-3-2-8-13(15)16-18(20)14-9-4-6-12-7-5-11-21(17(12)14)19(16)22/h2-4,6,8-10H,5,7,11H2,1H3. The van der Waals surface area contributed by atoms with Gasteiger partial charge < -0.3 is 9.13 Å². The maximum absolute atomic E-state index is 13.1. The van der Waals surface area contributed by atoms with Crippen LogP contribution >= 0.6 is 0 Å². The Bertz CT molecular complexity index is 1130. The van der Waals surface area contributed by atoms with Crippen LogP contribution in [0, 0.1) is 0 Å². The SMILES string of the molecule is Cn1c2ccccc2c2c(=O)n3c4c(cccc4c21)CCC3. The van der Waals surface area contributed by atoms with Gasteiger partial charge in [-0.25, -0.2) is 0 Å². The Morgan fingerprint density at radius 3 is 2.68 bits per heavy atom. The molecular formula is C19H16N2O. The molecule has 3 heteroatoms. The molecule has 0 N–H and O–H groups in total. The van der Waals surface area contributed by atoms with Crippen molar-refractivity contribution in [1.82, 2.24) is 9.13 Å². The Kier molecular flexibility index (Phi) is 2.19. The van der Waals surface area contributed by atoms with Gasteiger partial charge in [-0.15, -0.1) is 0 Å². The second-order valence-electron chi connectivity index (χ2n) is 6.17. The number of pyridine rings is 1. The average molecular weight is 288 g/mol. The molecule has 2 aromatic carbocycles. The number of benzene rings is 2. The Hall–Kier alpha value is -2.55. The Morgan fingerprint density at radius 1 is 0.955 bits per heavy atom. The van der Waals surface area contributed by atoms with E-state index in [1.807, 2.05) is 16.7 Å². The van der Waals surface area contributed by atoms with E-state index in [1.165, 1.54) is 10.9 Å². The van der Waals surface area contributed by atoms with Gasteiger partial charge in [0.2, 0.25) is 0 Å². The first-order valence-electron chi connectivity index (χ1n) is 7.79. The molecule has 0 fully saturated rings. The monoisotopic (exact) mass is 288 g/mol. The smallest absolute Gasteiger partial charge is 0.261 e. The fraction of sp³-hybridized carbons (Fsp3) is 0.211. The van der Waals surface area contributed by atoms with Crippen molar-refractivity contribution in [2.45, 2.75) is 19.4 Å². The van der Waals surface area contributed by atoms with E-state index in [2.05, 4.69) is 41.9 Å². The summed E-state index contributed by atoms with van der Waals surface area (Å²) in [5.74, 6) is 0. The van der Waals surface area contributed by atoms with E-state index in [-0.39, 0.29) is 5.56 Å². The van der Waals surface area contributed by atoms with Crippen LogP contribution in [-0.4, -0.2) is 9.13 Å². The van der Waals surface area contributed by atoms with Gasteiger partial charge in [0.25, 0.3) is 5.56 Å². The van der Waals surface area contributed by atoms with Crippen molar-refractivity contribution in [3.63, 3.8) is 0 Å². The van der Waals surface area contributed by atoms with Gasteiger partial charge in [-0.05, 0) is 24.5 Å². The van der Waals surface area contributed by atoms with E-state index < -0.39 is 0 Å². The summed E-state index contributed by atoms with van der Waals surface area (Å²) in [7, 11) is 2.06. The highest BCUT2D eigenvalue weighted by Crippen LogP contribution is 2.33. The van der Waals surface area contributed by atoms with E-state index >= 15 is 0 Å². The number of aryl methyl sites for hydroxylation is 3. The highest BCUT2D eigenvalue weighted by atomic mass is 16.1. The van der Waals surface area contributed by atoms with E-state index in [1.54, 1.807) is 0 Å². The van der Waals surface area contributed by atoms with Crippen molar-refractivity contribution in [2.75, 3.05) is 0 Å². The van der Waals surface area contributed by atoms with Crippen LogP contribution < -0.4 is 5.56 Å². The minimum Gasteiger partial charge on any atom is -0.343 e. The first-order valence-corrected chi connectivity index (χ1v) is 7.79. The molecule has 1 aliphatic rings. The topological polar surface area (TPSA) is 26.9 Å². The van der Waals surface area contributed by atoms with E-state index in [0.717, 1.165) is 46.7 Å². The van der Waals surface area contributed by atoms with E-state index in [4.69, 9.17) is 0 Å². The minimum atomic E-state index is 0.159. The number of para-hydroxylation sites is 2. The fourth-order valence-electron chi connectivity index (χ4n) is 4.11. The third kappa shape index (κ3) is 1.29. The summed E-state index contributed by atoms with van der Waals surface area (Å²) in [5, 5.41) is 3.13. The predicted octanol–water partition coefficient (Wildman–Crippen LogP) is 3.59. The van der Waals surface area contributed by atoms with Gasteiger partial charge in [0.15, 0.2) is 0 Å². The number of aromatic nitrogens is 2. The zero-order valence-electron chi connectivity index (χ0n) is 12.5. The Labute approximate surface area is 127 Å². The van der Waals surface area contributed by atoms with Gasteiger partial charge in [0, 0.05) is 29.9 Å². The fourth-order valence-corrected chi connectivity index (χ4v) is 4.11. The van der Waals surface area contributed by atoms with Crippen LogP contribution in [0.15, 0.2) is 47.3 Å². The number of fused-ring (bicyclic) bond motifs is 4. The molecule has 0 aliphatic carbocycles. The average Bonchev–Trinajstić information content (AvgIpc) is 2.86. The van der Waals surface area contributed by atoms with Crippen LogP contribution in [0.25, 0.3) is 32.7 Å². The number of hydrogen-bond acceptors (Lipinski definition) is 1. The highest BCUT2D eigenvalue weighted by Gasteiger charge is 2.21. The first-order chi connectivity index (χ1) is 10.8. The zero-order valence-corrected chi connectivity index (χ0v) is 12.5. The van der Waals surface area contributed by atoms with Gasteiger partial charge in [0.1, 0.15) is 0 Å². The molecule has 4 aromatic rings. The largest absolute Gasteiger partial charge is 0.343 e.